The number of nitrogens with one attached hydrogen (secondary N) is 1. The number of nitrogens with zero attached hydrogens (tertiary/aromatic N) is 1. The molecule has 0 saturated heterocycles. The lowest BCUT2D eigenvalue weighted by atomic mass is 11.1. The molecule has 8 heavy (non-hydrogen) atoms. The summed E-state index contributed by atoms with van der Waals surface area (Å²) in [6.07, 6.45) is 0. The van der Waals surface area contributed by atoms with Crippen molar-refractivity contribution in [2.24, 2.45) is 0 Å². The Bertz CT molecular complexity index is 84.1. The SMILES string of the molecule is CNC(=S)ON(C)C. The van der Waals surface area contributed by atoms with Gasteiger partial charge in [0.25, 0.3) is 5.17 Å². The Morgan fingerprint density at radius 1 is 1.62 bits per heavy atom. The van der Waals surface area contributed by atoms with Gasteiger partial charge in [0, 0.05) is 21.1 Å². The zero-order valence-electron chi connectivity index (χ0n) is 5.26. The Morgan fingerprint density at radius 2 is 2.12 bits per heavy atom. The molecule has 0 aliphatic heterocycles. The number of hydrogen-bond acceptors (Lipinski definition) is 3. The highest BCUT2D eigenvalue weighted by atomic mass is 32.1. The molecule has 0 atom stereocenters. The lowest BCUT2D eigenvalue weighted by Gasteiger charge is -2.10. The van der Waals surface area contributed by atoms with E-state index in [1.807, 2.05) is 0 Å². The summed E-state index contributed by atoms with van der Waals surface area (Å²) in [7, 11) is 5.25. The molecule has 48 valence electrons. The van der Waals surface area contributed by atoms with Gasteiger partial charge in [-0.3, -0.25) is 0 Å². The molecule has 0 saturated carbocycles. The van der Waals surface area contributed by atoms with Crippen LogP contribution >= 0.6 is 12.2 Å². The largest absolute Gasteiger partial charge is 0.376 e. The van der Waals surface area contributed by atoms with Gasteiger partial charge in [0.05, 0.1) is 0 Å². The monoisotopic (exact) mass is 134 g/mol. The molecular formula is C4H10N2OS. The van der Waals surface area contributed by atoms with Gasteiger partial charge in [0.1, 0.15) is 0 Å². The van der Waals surface area contributed by atoms with E-state index in [9.17, 15) is 0 Å². The minimum absolute atomic E-state index is 0.384. The fraction of sp³-hybridized carbons (Fsp3) is 0.750. The Morgan fingerprint density at radius 3 is 2.25 bits per heavy atom. The Hall–Kier alpha value is -0.350. The molecular weight excluding hydrogens is 124 g/mol. The van der Waals surface area contributed by atoms with Crippen LogP contribution in [-0.2, 0) is 4.84 Å². The van der Waals surface area contributed by atoms with Crippen LogP contribution in [0, 0.1) is 0 Å². The van der Waals surface area contributed by atoms with Gasteiger partial charge in [-0.1, -0.05) is 0 Å². The number of thiocarbonyl (C=S) groups is 1. The summed E-state index contributed by atoms with van der Waals surface area (Å²) in [5.74, 6) is 0. The normalized spacial score (nSPS) is 9.00. The quantitative estimate of drug-likeness (QED) is 0.402. The third-order valence-electron chi connectivity index (χ3n) is 0.470. The van der Waals surface area contributed by atoms with Gasteiger partial charge < -0.3 is 10.2 Å². The van der Waals surface area contributed by atoms with Crippen molar-refractivity contribution in [1.29, 1.82) is 0 Å². The summed E-state index contributed by atoms with van der Waals surface area (Å²) < 4.78 is 0. The van der Waals surface area contributed by atoms with Crippen molar-refractivity contribution in [2.75, 3.05) is 21.1 Å². The predicted octanol–water partition coefficient (Wildman–Crippen LogP) is -0.0161. The van der Waals surface area contributed by atoms with Crippen molar-refractivity contribution in [3.05, 3.63) is 0 Å². The molecule has 0 fully saturated rings. The van der Waals surface area contributed by atoms with Crippen LogP contribution in [0.3, 0.4) is 0 Å². The first-order chi connectivity index (χ1) is 3.66. The zero-order valence-corrected chi connectivity index (χ0v) is 6.08. The van der Waals surface area contributed by atoms with E-state index in [1.54, 1.807) is 21.1 Å². The van der Waals surface area contributed by atoms with Gasteiger partial charge >= 0.3 is 0 Å². The fourth-order valence-corrected chi connectivity index (χ4v) is 0.361. The second kappa shape index (κ2) is 3.63. The summed E-state index contributed by atoms with van der Waals surface area (Å²) in [5, 5.41) is 4.57. The van der Waals surface area contributed by atoms with E-state index in [2.05, 4.69) is 17.5 Å². The smallest absolute Gasteiger partial charge is 0.278 e. The van der Waals surface area contributed by atoms with Crippen molar-refractivity contribution in [1.82, 2.24) is 10.4 Å². The summed E-state index contributed by atoms with van der Waals surface area (Å²) in [6.45, 7) is 0. The van der Waals surface area contributed by atoms with E-state index in [-0.39, 0.29) is 0 Å². The highest BCUT2D eigenvalue weighted by molar-refractivity contribution is 7.80. The Kier molecular flexibility index (Phi) is 3.47. The number of hydrogen-bond donors (Lipinski definition) is 1. The molecule has 0 aromatic heterocycles. The third kappa shape index (κ3) is 3.83. The van der Waals surface area contributed by atoms with Gasteiger partial charge in [-0.15, -0.1) is 5.06 Å². The van der Waals surface area contributed by atoms with Crippen LogP contribution in [0.4, 0.5) is 0 Å². The molecule has 0 bridgehead atoms. The van der Waals surface area contributed by atoms with Crippen molar-refractivity contribution in [3.63, 3.8) is 0 Å². The molecule has 0 unspecified atom stereocenters. The molecule has 0 heterocycles. The molecule has 0 amide bonds. The highest BCUT2D eigenvalue weighted by Gasteiger charge is 1.91. The van der Waals surface area contributed by atoms with Crippen molar-refractivity contribution < 1.29 is 4.84 Å². The zero-order chi connectivity index (χ0) is 6.57. The number of rotatable bonds is 1. The van der Waals surface area contributed by atoms with E-state index in [0.29, 0.717) is 5.17 Å². The van der Waals surface area contributed by atoms with E-state index in [4.69, 9.17) is 4.84 Å². The molecule has 4 heteroatoms. The van der Waals surface area contributed by atoms with Crippen LogP contribution in [-0.4, -0.2) is 31.4 Å². The standard InChI is InChI=1S/C4H10N2OS/c1-5-4(8)7-6(2)3/h1-3H3,(H,5,8). The topological polar surface area (TPSA) is 24.5 Å². The Labute approximate surface area is 54.6 Å². The third-order valence-corrected chi connectivity index (χ3v) is 0.748. The van der Waals surface area contributed by atoms with E-state index in [0.717, 1.165) is 0 Å². The first-order valence-electron chi connectivity index (χ1n) is 2.24. The molecule has 0 aliphatic carbocycles. The van der Waals surface area contributed by atoms with Crippen molar-refractivity contribution >= 4 is 17.4 Å². The summed E-state index contributed by atoms with van der Waals surface area (Å²) in [5.41, 5.74) is 0. The van der Waals surface area contributed by atoms with Crippen molar-refractivity contribution in [2.45, 2.75) is 0 Å². The van der Waals surface area contributed by atoms with Gasteiger partial charge in [-0.2, -0.15) is 0 Å². The molecule has 0 aliphatic rings. The molecule has 0 aromatic carbocycles. The van der Waals surface area contributed by atoms with E-state index >= 15 is 0 Å². The lowest BCUT2D eigenvalue weighted by molar-refractivity contribution is -0.0193. The first-order valence-corrected chi connectivity index (χ1v) is 2.64. The van der Waals surface area contributed by atoms with Gasteiger partial charge in [-0.25, -0.2) is 0 Å². The lowest BCUT2D eigenvalue weighted by Crippen LogP contribution is -2.26. The molecule has 1 N–H and O–H groups in total. The molecule has 0 spiro atoms. The molecule has 0 aromatic rings. The average Bonchev–Trinajstić information content (AvgIpc) is 1.65. The summed E-state index contributed by atoms with van der Waals surface area (Å²) in [4.78, 5) is 4.85. The predicted molar refractivity (Wildman–Crippen MR) is 36.4 cm³/mol. The fourth-order valence-electron chi connectivity index (χ4n) is 0.211. The van der Waals surface area contributed by atoms with Gasteiger partial charge in [0.15, 0.2) is 0 Å². The van der Waals surface area contributed by atoms with Gasteiger partial charge in [-0.05, 0) is 12.2 Å². The van der Waals surface area contributed by atoms with E-state index < -0.39 is 0 Å². The van der Waals surface area contributed by atoms with Crippen molar-refractivity contribution in [3.8, 4) is 0 Å². The van der Waals surface area contributed by atoms with Crippen LogP contribution in [0.2, 0.25) is 0 Å². The minimum Gasteiger partial charge on any atom is -0.376 e. The maximum atomic E-state index is 4.85. The van der Waals surface area contributed by atoms with Crippen LogP contribution in [0.15, 0.2) is 0 Å². The summed E-state index contributed by atoms with van der Waals surface area (Å²) in [6, 6.07) is 0. The van der Waals surface area contributed by atoms with Crippen LogP contribution in [0.5, 0.6) is 0 Å². The average molecular weight is 134 g/mol. The van der Waals surface area contributed by atoms with Gasteiger partial charge in [0.2, 0.25) is 0 Å². The summed E-state index contributed by atoms with van der Waals surface area (Å²) >= 11 is 4.66. The van der Waals surface area contributed by atoms with Crippen LogP contribution < -0.4 is 5.32 Å². The first kappa shape index (κ1) is 7.65. The van der Waals surface area contributed by atoms with Crippen LogP contribution in [0.1, 0.15) is 0 Å². The van der Waals surface area contributed by atoms with Crippen LogP contribution in [0.25, 0.3) is 0 Å². The van der Waals surface area contributed by atoms with E-state index in [1.165, 1.54) is 5.06 Å². The molecule has 3 nitrogen and oxygen atoms in total. The molecule has 0 radical (unpaired) electrons. The second-order valence-corrected chi connectivity index (χ2v) is 1.81. The molecule has 0 rings (SSSR count). The highest BCUT2D eigenvalue weighted by Crippen LogP contribution is 1.77. The Balaban J connectivity index is 3.25. The number of hydroxylamine groups is 2. The maximum absolute atomic E-state index is 4.85. The maximum Gasteiger partial charge on any atom is 0.278 e. The second-order valence-electron chi connectivity index (χ2n) is 1.44. The minimum atomic E-state index is 0.384.